The molecule has 3 nitrogen and oxygen atoms in total. The van der Waals surface area contributed by atoms with Gasteiger partial charge in [-0.3, -0.25) is 4.79 Å². The molecule has 0 unspecified atom stereocenters. The van der Waals surface area contributed by atoms with Crippen LogP contribution in [0, 0.1) is 0 Å². The van der Waals surface area contributed by atoms with Gasteiger partial charge in [-0.2, -0.15) is 0 Å². The van der Waals surface area contributed by atoms with Gasteiger partial charge in [-0.25, -0.2) is 0 Å². The Morgan fingerprint density at radius 3 is 2.77 bits per heavy atom. The van der Waals surface area contributed by atoms with Gasteiger partial charge in [0.25, 0.3) is 0 Å². The summed E-state index contributed by atoms with van der Waals surface area (Å²) >= 11 is 0. The summed E-state index contributed by atoms with van der Waals surface area (Å²) < 4.78 is 10.2. The Bertz CT molecular complexity index is 223. The van der Waals surface area contributed by atoms with Crippen molar-refractivity contribution < 1.29 is 14.3 Å². The van der Waals surface area contributed by atoms with Crippen LogP contribution in [-0.4, -0.2) is 18.2 Å². The Morgan fingerprint density at radius 1 is 1.62 bits per heavy atom. The second-order valence-corrected chi connectivity index (χ2v) is 4.16. The van der Waals surface area contributed by atoms with Crippen LogP contribution in [0.15, 0.2) is 11.8 Å². The lowest BCUT2D eigenvalue weighted by atomic mass is 10.1. The van der Waals surface area contributed by atoms with Gasteiger partial charge < -0.3 is 9.47 Å². The predicted octanol–water partition coefficient (Wildman–Crippen LogP) is 2.02. The standard InChI is InChI=1S/C10H16O3/c1-10(2,3)13-9(11)6-8-4-5-12-7-8/h7H,4-6H2,1-3H3. The number of carbonyl (C=O) groups is 1. The zero-order valence-corrected chi connectivity index (χ0v) is 8.42. The molecule has 0 bridgehead atoms. The molecular weight excluding hydrogens is 168 g/mol. The fourth-order valence-corrected chi connectivity index (χ4v) is 1.12. The highest BCUT2D eigenvalue weighted by molar-refractivity contribution is 5.72. The van der Waals surface area contributed by atoms with E-state index in [1.165, 1.54) is 0 Å². The summed E-state index contributed by atoms with van der Waals surface area (Å²) in [4.78, 5) is 11.3. The third-order valence-electron chi connectivity index (χ3n) is 1.58. The molecule has 0 atom stereocenters. The van der Waals surface area contributed by atoms with Crippen LogP contribution in [-0.2, 0) is 14.3 Å². The van der Waals surface area contributed by atoms with E-state index in [0.29, 0.717) is 13.0 Å². The molecule has 1 heterocycles. The maximum absolute atomic E-state index is 11.3. The lowest BCUT2D eigenvalue weighted by Crippen LogP contribution is -2.23. The van der Waals surface area contributed by atoms with Crippen LogP contribution < -0.4 is 0 Å². The quantitative estimate of drug-likeness (QED) is 0.616. The summed E-state index contributed by atoms with van der Waals surface area (Å²) in [5.74, 6) is -0.177. The first kappa shape index (κ1) is 10.1. The Balaban J connectivity index is 2.33. The number of esters is 1. The SMILES string of the molecule is CC(C)(C)OC(=O)CC1=COCC1. The molecule has 0 amide bonds. The topological polar surface area (TPSA) is 35.5 Å². The molecule has 1 aliphatic heterocycles. The van der Waals surface area contributed by atoms with Crippen LogP contribution in [0.2, 0.25) is 0 Å². The fourth-order valence-electron chi connectivity index (χ4n) is 1.12. The molecule has 3 heteroatoms. The maximum Gasteiger partial charge on any atom is 0.310 e. The molecule has 0 aromatic rings. The third kappa shape index (κ3) is 3.97. The normalized spacial score (nSPS) is 16.4. The minimum absolute atomic E-state index is 0.177. The average Bonchev–Trinajstić information content (AvgIpc) is 2.34. The Kier molecular flexibility index (Phi) is 2.96. The van der Waals surface area contributed by atoms with Crippen molar-refractivity contribution in [3.05, 3.63) is 11.8 Å². The maximum atomic E-state index is 11.3. The smallest absolute Gasteiger partial charge is 0.310 e. The molecule has 0 spiro atoms. The summed E-state index contributed by atoms with van der Waals surface area (Å²) in [5, 5.41) is 0. The Hall–Kier alpha value is -0.990. The lowest BCUT2D eigenvalue weighted by molar-refractivity contribution is -0.153. The lowest BCUT2D eigenvalue weighted by Gasteiger charge is -2.19. The molecule has 74 valence electrons. The van der Waals surface area contributed by atoms with Crippen LogP contribution in [0.4, 0.5) is 0 Å². The summed E-state index contributed by atoms with van der Waals surface area (Å²) in [6, 6.07) is 0. The van der Waals surface area contributed by atoms with Gasteiger partial charge in [0.2, 0.25) is 0 Å². The van der Waals surface area contributed by atoms with Crippen molar-refractivity contribution in [2.24, 2.45) is 0 Å². The van der Waals surface area contributed by atoms with E-state index >= 15 is 0 Å². The van der Waals surface area contributed by atoms with Crippen molar-refractivity contribution in [1.82, 2.24) is 0 Å². The first-order valence-electron chi connectivity index (χ1n) is 4.49. The first-order valence-corrected chi connectivity index (χ1v) is 4.49. The number of rotatable bonds is 2. The minimum atomic E-state index is -0.392. The average molecular weight is 184 g/mol. The second kappa shape index (κ2) is 3.81. The zero-order chi connectivity index (χ0) is 9.90. The molecule has 1 rings (SSSR count). The number of hydrogen-bond donors (Lipinski definition) is 0. The first-order chi connectivity index (χ1) is 5.97. The van der Waals surface area contributed by atoms with E-state index in [1.807, 2.05) is 20.8 Å². The van der Waals surface area contributed by atoms with Gasteiger partial charge in [0.1, 0.15) is 5.60 Å². The van der Waals surface area contributed by atoms with E-state index in [9.17, 15) is 4.79 Å². The van der Waals surface area contributed by atoms with Gasteiger partial charge in [0, 0.05) is 6.42 Å². The van der Waals surface area contributed by atoms with Gasteiger partial charge >= 0.3 is 5.97 Å². The molecular formula is C10H16O3. The second-order valence-electron chi connectivity index (χ2n) is 4.16. The predicted molar refractivity (Wildman–Crippen MR) is 49.1 cm³/mol. The van der Waals surface area contributed by atoms with Crippen molar-refractivity contribution >= 4 is 5.97 Å². The van der Waals surface area contributed by atoms with Crippen molar-refractivity contribution in [2.75, 3.05) is 6.61 Å². The van der Waals surface area contributed by atoms with E-state index in [2.05, 4.69) is 0 Å². The van der Waals surface area contributed by atoms with Crippen LogP contribution >= 0.6 is 0 Å². The van der Waals surface area contributed by atoms with Crippen molar-refractivity contribution in [1.29, 1.82) is 0 Å². The van der Waals surface area contributed by atoms with Gasteiger partial charge in [-0.1, -0.05) is 0 Å². The Labute approximate surface area is 78.7 Å². The van der Waals surface area contributed by atoms with Crippen LogP contribution in [0.5, 0.6) is 0 Å². The van der Waals surface area contributed by atoms with Gasteiger partial charge in [-0.05, 0) is 26.3 Å². The number of hydrogen-bond acceptors (Lipinski definition) is 3. The summed E-state index contributed by atoms with van der Waals surface area (Å²) in [6.07, 6.45) is 2.86. The summed E-state index contributed by atoms with van der Waals surface area (Å²) in [5.41, 5.74) is 0.631. The van der Waals surface area contributed by atoms with Crippen LogP contribution in [0.25, 0.3) is 0 Å². The van der Waals surface area contributed by atoms with Gasteiger partial charge in [-0.15, -0.1) is 0 Å². The Morgan fingerprint density at radius 2 is 2.31 bits per heavy atom. The molecule has 0 saturated heterocycles. The summed E-state index contributed by atoms with van der Waals surface area (Å²) in [7, 11) is 0. The molecule has 13 heavy (non-hydrogen) atoms. The molecule has 0 fully saturated rings. The highest BCUT2D eigenvalue weighted by atomic mass is 16.6. The summed E-state index contributed by atoms with van der Waals surface area (Å²) in [6.45, 7) is 6.29. The molecule has 0 saturated carbocycles. The fraction of sp³-hybridized carbons (Fsp3) is 0.700. The number of carbonyl (C=O) groups excluding carboxylic acids is 1. The van der Waals surface area contributed by atoms with E-state index in [4.69, 9.17) is 9.47 Å². The zero-order valence-electron chi connectivity index (χ0n) is 8.42. The van der Waals surface area contributed by atoms with Crippen LogP contribution in [0.3, 0.4) is 0 Å². The molecule has 0 aromatic carbocycles. The number of ether oxygens (including phenoxy) is 2. The van der Waals surface area contributed by atoms with Gasteiger partial charge in [0.05, 0.1) is 19.3 Å². The van der Waals surface area contributed by atoms with E-state index < -0.39 is 5.60 Å². The van der Waals surface area contributed by atoms with Crippen molar-refractivity contribution in [2.45, 2.75) is 39.2 Å². The van der Waals surface area contributed by atoms with E-state index in [-0.39, 0.29) is 5.97 Å². The molecule has 0 aliphatic carbocycles. The monoisotopic (exact) mass is 184 g/mol. The molecule has 0 aromatic heterocycles. The van der Waals surface area contributed by atoms with E-state index in [1.54, 1.807) is 6.26 Å². The third-order valence-corrected chi connectivity index (χ3v) is 1.58. The highest BCUT2D eigenvalue weighted by Crippen LogP contribution is 2.17. The largest absolute Gasteiger partial charge is 0.501 e. The minimum Gasteiger partial charge on any atom is -0.501 e. The van der Waals surface area contributed by atoms with Gasteiger partial charge in [0.15, 0.2) is 0 Å². The molecule has 0 N–H and O–H groups in total. The molecule has 1 aliphatic rings. The van der Waals surface area contributed by atoms with E-state index in [0.717, 1.165) is 12.0 Å². The van der Waals surface area contributed by atoms with Crippen molar-refractivity contribution in [3.8, 4) is 0 Å². The van der Waals surface area contributed by atoms with Crippen molar-refractivity contribution in [3.63, 3.8) is 0 Å². The van der Waals surface area contributed by atoms with Crippen LogP contribution in [0.1, 0.15) is 33.6 Å². The molecule has 0 radical (unpaired) electrons. The highest BCUT2D eigenvalue weighted by Gasteiger charge is 2.18.